The molecule has 0 amide bonds. The Morgan fingerprint density at radius 3 is 2.95 bits per heavy atom. The van der Waals surface area contributed by atoms with Gasteiger partial charge in [-0.05, 0) is 35.0 Å². The molecule has 0 unspecified atom stereocenters. The molecule has 1 heterocycles. The van der Waals surface area contributed by atoms with Gasteiger partial charge < -0.3 is 4.74 Å². The summed E-state index contributed by atoms with van der Waals surface area (Å²) in [5, 5.41) is 3.96. The summed E-state index contributed by atoms with van der Waals surface area (Å²) in [4.78, 5) is 15.6. The van der Waals surface area contributed by atoms with Gasteiger partial charge in [0.15, 0.2) is 5.82 Å². The number of hydrogen-bond acceptors (Lipinski definition) is 4. The average Bonchev–Trinajstić information content (AvgIpc) is 2.75. The molecule has 0 aliphatic carbocycles. The number of esters is 1. The predicted octanol–water partition coefficient (Wildman–Crippen LogP) is 2.56. The van der Waals surface area contributed by atoms with Crippen LogP contribution in [0.4, 0.5) is 4.39 Å². The van der Waals surface area contributed by atoms with Gasteiger partial charge in [-0.25, -0.2) is 18.9 Å². The monoisotopic (exact) mass is 327 g/mol. The lowest BCUT2D eigenvalue weighted by Crippen LogP contribution is -2.07. The minimum absolute atomic E-state index is 0.0458. The number of rotatable bonds is 3. The lowest BCUT2D eigenvalue weighted by atomic mass is 10.2. The van der Waals surface area contributed by atoms with Crippen LogP contribution in [-0.4, -0.2) is 27.3 Å². The summed E-state index contributed by atoms with van der Waals surface area (Å²) >= 11 is 3.16. The molecular weight excluding hydrogens is 317 g/mol. The van der Waals surface area contributed by atoms with Crippen LogP contribution in [0.1, 0.15) is 17.5 Å². The van der Waals surface area contributed by atoms with Gasteiger partial charge in [0.05, 0.1) is 11.1 Å². The van der Waals surface area contributed by atoms with Gasteiger partial charge in [-0.15, -0.1) is 5.10 Å². The average molecular weight is 328 g/mol. The first-order chi connectivity index (χ1) is 9.04. The number of aromatic nitrogens is 3. The number of halogens is 2. The second-order valence-corrected chi connectivity index (χ2v) is 4.50. The van der Waals surface area contributed by atoms with E-state index in [1.54, 1.807) is 26.1 Å². The van der Waals surface area contributed by atoms with Crippen LogP contribution in [0, 0.1) is 5.82 Å². The molecule has 0 N–H and O–H groups in total. The highest BCUT2D eigenvalue weighted by Crippen LogP contribution is 2.28. The van der Waals surface area contributed by atoms with Gasteiger partial charge in [-0.3, -0.25) is 0 Å². The van der Waals surface area contributed by atoms with Crippen molar-refractivity contribution in [3.8, 4) is 11.4 Å². The molecule has 7 heteroatoms. The van der Waals surface area contributed by atoms with Crippen molar-refractivity contribution in [1.82, 2.24) is 14.8 Å². The van der Waals surface area contributed by atoms with E-state index in [2.05, 4.69) is 26.0 Å². The standard InChI is InChI=1S/C12H11BrFN3O2/c1-3-19-12(18)10-15-11(17(2)16-10)7-5-4-6-8(14)9(7)13/h4-6H,3H2,1-2H3. The van der Waals surface area contributed by atoms with Crippen LogP contribution in [0.15, 0.2) is 22.7 Å². The first-order valence-corrected chi connectivity index (χ1v) is 6.36. The molecule has 0 saturated carbocycles. The summed E-state index contributed by atoms with van der Waals surface area (Å²) in [5.74, 6) is -0.667. The van der Waals surface area contributed by atoms with Gasteiger partial charge in [0.1, 0.15) is 5.82 Å². The summed E-state index contributed by atoms with van der Waals surface area (Å²) in [6.45, 7) is 1.95. The van der Waals surface area contributed by atoms with Crippen molar-refractivity contribution in [2.45, 2.75) is 6.92 Å². The number of carbonyl (C=O) groups is 1. The van der Waals surface area contributed by atoms with Crippen molar-refractivity contribution >= 4 is 21.9 Å². The molecule has 0 aliphatic heterocycles. The van der Waals surface area contributed by atoms with Crippen molar-refractivity contribution in [1.29, 1.82) is 0 Å². The molecule has 0 radical (unpaired) electrons. The van der Waals surface area contributed by atoms with Crippen LogP contribution < -0.4 is 0 Å². The van der Waals surface area contributed by atoms with E-state index in [-0.39, 0.29) is 16.9 Å². The van der Waals surface area contributed by atoms with Crippen molar-refractivity contribution in [3.05, 3.63) is 34.3 Å². The summed E-state index contributed by atoms with van der Waals surface area (Å²) in [6.07, 6.45) is 0. The third kappa shape index (κ3) is 2.65. The number of benzene rings is 1. The van der Waals surface area contributed by atoms with E-state index >= 15 is 0 Å². The van der Waals surface area contributed by atoms with E-state index in [0.717, 1.165) is 0 Å². The Morgan fingerprint density at radius 1 is 1.53 bits per heavy atom. The molecule has 2 aromatic rings. The molecule has 0 spiro atoms. The molecule has 0 bridgehead atoms. The Balaban J connectivity index is 2.46. The van der Waals surface area contributed by atoms with Crippen molar-refractivity contribution in [2.75, 3.05) is 6.61 Å². The third-order valence-corrected chi connectivity index (χ3v) is 3.22. The lowest BCUT2D eigenvalue weighted by Gasteiger charge is -2.03. The number of hydrogen-bond donors (Lipinski definition) is 0. The molecule has 0 aliphatic rings. The lowest BCUT2D eigenvalue weighted by molar-refractivity contribution is 0.0512. The highest BCUT2D eigenvalue weighted by molar-refractivity contribution is 9.10. The number of carbonyl (C=O) groups excluding carboxylic acids is 1. The smallest absolute Gasteiger partial charge is 0.378 e. The molecule has 1 aromatic heterocycles. The zero-order valence-electron chi connectivity index (χ0n) is 10.4. The largest absolute Gasteiger partial charge is 0.460 e. The maximum absolute atomic E-state index is 13.5. The summed E-state index contributed by atoms with van der Waals surface area (Å²) < 4.78 is 20.0. The van der Waals surface area contributed by atoms with E-state index < -0.39 is 11.8 Å². The van der Waals surface area contributed by atoms with Gasteiger partial charge in [-0.2, -0.15) is 0 Å². The van der Waals surface area contributed by atoms with Crippen LogP contribution in [0.5, 0.6) is 0 Å². The fourth-order valence-electron chi connectivity index (χ4n) is 1.58. The molecule has 0 fully saturated rings. The van der Waals surface area contributed by atoms with E-state index in [1.165, 1.54) is 10.7 Å². The second-order valence-electron chi connectivity index (χ2n) is 3.70. The summed E-state index contributed by atoms with van der Waals surface area (Å²) in [5.41, 5.74) is 0.519. The Labute approximate surface area is 117 Å². The van der Waals surface area contributed by atoms with Crippen molar-refractivity contribution in [2.24, 2.45) is 7.05 Å². The van der Waals surface area contributed by atoms with Gasteiger partial charge in [0, 0.05) is 12.6 Å². The molecule has 0 saturated heterocycles. The summed E-state index contributed by atoms with van der Waals surface area (Å²) in [7, 11) is 1.63. The number of aryl methyl sites for hydroxylation is 1. The van der Waals surface area contributed by atoms with Crippen molar-refractivity contribution < 1.29 is 13.9 Å². The quantitative estimate of drug-likeness (QED) is 0.813. The Hall–Kier alpha value is -1.76. The molecule has 1 aromatic carbocycles. The maximum Gasteiger partial charge on any atom is 0.378 e. The van der Waals surface area contributed by atoms with Crippen LogP contribution >= 0.6 is 15.9 Å². The molecule has 100 valence electrons. The molecular formula is C12H11BrFN3O2. The van der Waals surface area contributed by atoms with Crippen LogP contribution in [0.25, 0.3) is 11.4 Å². The molecule has 2 rings (SSSR count). The second kappa shape index (κ2) is 5.48. The molecule has 19 heavy (non-hydrogen) atoms. The zero-order chi connectivity index (χ0) is 14.0. The highest BCUT2D eigenvalue weighted by atomic mass is 79.9. The number of nitrogens with zero attached hydrogens (tertiary/aromatic N) is 3. The highest BCUT2D eigenvalue weighted by Gasteiger charge is 2.19. The minimum Gasteiger partial charge on any atom is -0.460 e. The van der Waals surface area contributed by atoms with Crippen LogP contribution in [0.3, 0.4) is 0 Å². The van der Waals surface area contributed by atoms with Crippen LogP contribution in [0.2, 0.25) is 0 Å². The SMILES string of the molecule is CCOC(=O)c1nc(-c2cccc(F)c2Br)n(C)n1. The zero-order valence-corrected chi connectivity index (χ0v) is 11.9. The van der Waals surface area contributed by atoms with E-state index in [9.17, 15) is 9.18 Å². The first kappa shape index (κ1) is 13.7. The van der Waals surface area contributed by atoms with Crippen LogP contribution in [-0.2, 0) is 11.8 Å². The van der Waals surface area contributed by atoms with Gasteiger partial charge in [-0.1, -0.05) is 6.07 Å². The van der Waals surface area contributed by atoms with E-state index in [1.807, 2.05) is 0 Å². The van der Waals surface area contributed by atoms with Gasteiger partial charge in [0.2, 0.25) is 0 Å². The van der Waals surface area contributed by atoms with E-state index in [4.69, 9.17) is 4.74 Å². The first-order valence-electron chi connectivity index (χ1n) is 5.57. The normalized spacial score (nSPS) is 10.5. The predicted molar refractivity (Wildman–Crippen MR) is 70.1 cm³/mol. The fourth-order valence-corrected chi connectivity index (χ4v) is 2.02. The Kier molecular flexibility index (Phi) is 3.94. The molecule has 5 nitrogen and oxygen atoms in total. The van der Waals surface area contributed by atoms with Crippen molar-refractivity contribution in [3.63, 3.8) is 0 Å². The Morgan fingerprint density at radius 2 is 2.26 bits per heavy atom. The van der Waals surface area contributed by atoms with Gasteiger partial charge >= 0.3 is 5.97 Å². The third-order valence-electron chi connectivity index (χ3n) is 2.41. The molecule has 0 atom stereocenters. The number of ether oxygens (including phenoxy) is 1. The maximum atomic E-state index is 13.5. The topological polar surface area (TPSA) is 57.0 Å². The van der Waals surface area contributed by atoms with E-state index in [0.29, 0.717) is 11.4 Å². The fraction of sp³-hybridized carbons (Fsp3) is 0.250. The summed E-state index contributed by atoms with van der Waals surface area (Å²) in [6, 6.07) is 4.58. The minimum atomic E-state index is -0.600. The Bertz CT molecular complexity index is 627. The van der Waals surface area contributed by atoms with Gasteiger partial charge in [0.25, 0.3) is 5.82 Å².